The summed E-state index contributed by atoms with van der Waals surface area (Å²) >= 11 is 5.93. The van der Waals surface area contributed by atoms with Gasteiger partial charge in [0.05, 0.1) is 5.02 Å². The molecule has 0 aliphatic rings. The minimum Gasteiger partial charge on any atom is -0.383 e. The van der Waals surface area contributed by atoms with Crippen LogP contribution >= 0.6 is 11.6 Å². The summed E-state index contributed by atoms with van der Waals surface area (Å²) in [7, 11) is 0. The number of nitrogens with two attached hydrogens (primary N) is 1. The molecule has 0 radical (unpaired) electrons. The quantitative estimate of drug-likeness (QED) is 0.881. The van der Waals surface area contributed by atoms with Crippen LogP contribution in [0.1, 0.15) is 22.3 Å². The SMILES string of the molecule is Cc1cc(C)cc(Cc2cc(Cl)cnc2N)c1. The van der Waals surface area contributed by atoms with E-state index in [2.05, 4.69) is 37.0 Å². The minimum atomic E-state index is 0.550. The minimum absolute atomic E-state index is 0.550. The summed E-state index contributed by atoms with van der Waals surface area (Å²) in [4.78, 5) is 4.07. The second kappa shape index (κ2) is 4.76. The maximum Gasteiger partial charge on any atom is 0.126 e. The van der Waals surface area contributed by atoms with Crippen molar-refractivity contribution in [2.75, 3.05) is 5.73 Å². The van der Waals surface area contributed by atoms with Gasteiger partial charge in [-0.3, -0.25) is 0 Å². The van der Waals surface area contributed by atoms with Gasteiger partial charge in [-0.2, -0.15) is 0 Å². The van der Waals surface area contributed by atoms with Crippen LogP contribution in [0.5, 0.6) is 0 Å². The third kappa shape index (κ3) is 2.98. The number of benzene rings is 1. The van der Waals surface area contributed by atoms with Crippen molar-refractivity contribution in [3.63, 3.8) is 0 Å². The van der Waals surface area contributed by atoms with E-state index in [1.807, 2.05) is 6.07 Å². The van der Waals surface area contributed by atoms with Gasteiger partial charge < -0.3 is 5.73 Å². The Balaban J connectivity index is 2.34. The van der Waals surface area contributed by atoms with Gasteiger partial charge in [-0.1, -0.05) is 40.9 Å². The fraction of sp³-hybridized carbons (Fsp3) is 0.214. The lowest BCUT2D eigenvalue weighted by molar-refractivity contribution is 1.14. The van der Waals surface area contributed by atoms with Gasteiger partial charge >= 0.3 is 0 Å². The van der Waals surface area contributed by atoms with E-state index in [0.717, 1.165) is 12.0 Å². The molecule has 2 N–H and O–H groups in total. The van der Waals surface area contributed by atoms with Gasteiger partial charge in [-0.05, 0) is 25.5 Å². The van der Waals surface area contributed by atoms with Crippen molar-refractivity contribution in [1.82, 2.24) is 4.98 Å². The van der Waals surface area contributed by atoms with Crippen LogP contribution in [0, 0.1) is 13.8 Å². The molecule has 17 heavy (non-hydrogen) atoms. The van der Waals surface area contributed by atoms with E-state index >= 15 is 0 Å². The molecule has 3 heteroatoms. The second-order valence-corrected chi connectivity index (χ2v) is 4.81. The second-order valence-electron chi connectivity index (χ2n) is 4.37. The van der Waals surface area contributed by atoms with Crippen LogP contribution in [0.3, 0.4) is 0 Å². The molecule has 2 nitrogen and oxygen atoms in total. The van der Waals surface area contributed by atoms with E-state index in [1.165, 1.54) is 16.7 Å². The van der Waals surface area contributed by atoms with Gasteiger partial charge in [0.15, 0.2) is 0 Å². The van der Waals surface area contributed by atoms with Crippen molar-refractivity contribution in [3.05, 3.63) is 57.7 Å². The smallest absolute Gasteiger partial charge is 0.126 e. The first kappa shape index (κ1) is 11.9. The average molecular weight is 247 g/mol. The van der Waals surface area contributed by atoms with Gasteiger partial charge in [0.1, 0.15) is 5.82 Å². The van der Waals surface area contributed by atoms with E-state index in [9.17, 15) is 0 Å². The highest BCUT2D eigenvalue weighted by atomic mass is 35.5. The predicted molar refractivity (Wildman–Crippen MR) is 72.4 cm³/mol. The lowest BCUT2D eigenvalue weighted by Gasteiger charge is -2.07. The first-order valence-corrected chi connectivity index (χ1v) is 5.89. The number of aryl methyl sites for hydroxylation is 2. The zero-order chi connectivity index (χ0) is 12.4. The van der Waals surface area contributed by atoms with E-state index in [-0.39, 0.29) is 0 Å². The summed E-state index contributed by atoms with van der Waals surface area (Å²) < 4.78 is 0. The first-order valence-electron chi connectivity index (χ1n) is 5.51. The topological polar surface area (TPSA) is 38.9 Å². The van der Waals surface area contributed by atoms with E-state index in [4.69, 9.17) is 17.3 Å². The molecule has 0 amide bonds. The molecule has 0 saturated heterocycles. The molecule has 0 fully saturated rings. The summed E-state index contributed by atoms with van der Waals surface area (Å²) in [6, 6.07) is 8.35. The maximum atomic E-state index is 5.93. The number of nitrogens with zero attached hydrogens (tertiary/aromatic N) is 1. The molecule has 1 aromatic carbocycles. The summed E-state index contributed by atoms with van der Waals surface area (Å²) in [6.45, 7) is 4.19. The molecular weight excluding hydrogens is 232 g/mol. The van der Waals surface area contributed by atoms with Gasteiger partial charge in [-0.15, -0.1) is 0 Å². The molecule has 0 aliphatic carbocycles. The van der Waals surface area contributed by atoms with Crippen LogP contribution in [0.2, 0.25) is 5.02 Å². The summed E-state index contributed by atoms with van der Waals surface area (Å²) in [5, 5.41) is 0.624. The molecule has 0 unspecified atom stereocenters. The summed E-state index contributed by atoms with van der Waals surface area (Å²) in [5.74, 6) is 0.550. The number of halogens is 1. The maximum absolute atomic E-state index is 5.93. The Hall–Kier alpha value is -1.54. The number of anilines is 1. The Kier molecular flexibility index (Phi) is 3.34. The highest BCUT2D eigenvalue weighted by Gasteiger charge is 2.04. The summed E-state index contributed by atoms with van der Waals surface area (Å²) in [6.07, 6.45) is 2.34. The van der Waals surface area contributed by atoms with Crippen molar-refractivity contribution < 1.29 is 0 Å². The van der Waals surface area contributed by atoms with Crippen LogP contribution in [0.4, 0.5) is 5.82 Å². The van der Waals surface area contributed by atoms with Crippen molar-refractivity contribution in [1.29, 1.82) is 0 Å². The Morgan fingerprint density at radius 2 is 1.76 bits per heavy atom. The van der Waals surface area contributed by atoms with Crippen LogP contribution in [-0.2, 0) is 6.42 Å². The molecule has 0 saturated carbocycles. The van der Waals surface area contributed by atoms with Crippen LogP contribution in [0.15, 0.2) is 30.5 Å². The van der Waals surface area contributed by atoms with Gasteiger partial charge in [0.2, 0.25) is 0 Å². The van der Waals surface area contributed by atoms with E-state index in [0.29, 0.717) is 10.8 Å². The van der Waals surface area contributed by atoms with Crippen molar-refractivity contribution in [2.45, 2.75) is 20.3 Å². The van der Waals surface area contributed by atoms with E-state index < -0.39 is 0 Å². The number of aromatic nitrogens is 1. The lowest BCUT2D eigenvalue weighted by Crippen LogP contribution is -1.99. The monoisotopic (exact) mass is 246 g/mol. The average Bonchev–Trinajstić information content (AvgIpc) is 2.22. The molecular formula is C14H15ClN2. The third-order valence-electron chi connectivity index (χ3n) is 2.64. The first-order chi connectivity index (χ1) is 8.04. The molecule has 1 aromatic heterocycles. The molecule has 2 aromatic rings. The molecule has 0 bridgehead atoms. The largest absolute Gasteiger partial charge is 0.383 e. The number of hydrogen-bond donors (Lipinski definition) is 1. The Morgan fingerprint density at radius 3 is 2.41 bits per heavy atom. The molecule has 88 valence electrons. The zero-order valence-electron chi connectivity index (χ0n) is 10.00. The number of nitrogen functional groups attached to an aromatic ring is 1. The third-order valence-corrected chi connectivity index (χ3v) is 2.85. The molecule has 0 atom stereocenters. The molecule has 2 rings (SSSR count). The van der Waals surface area contributed by atoms with Crippen LogP contribution < -0.4 is 5.73 Å². The number of rotatable bonds is 2. The van der Waals surface area contributed by atoms with Crippen LogP contribution in [0.25, 0.3) is 0 Å². The predicted octanol–water partition coefficient (Wildman–Crippen LogP) is 3.52. The van der Waals surface area contributed by atoms with Crippen molar-refractivity contribution in [3.8, 4) is 0 Å². The van der Waals surface area contributed by atoms with Crippen LogP contribution in [-0.4, -0.2) is 4.98 Å². The van der Waals surface area contributed by atoms with Gasteiger partial charge in [-0.25, -0.2) is 4.98 Å². The summed E-state index contributed by atoms with van der Waals surface area (Å²) in [5.41, 5.74) is 10.6. The molecule has 0 spiro atoms. The molecule has 0 aliphatic heterocycles. The Labute approximate surface area is 106 Å². The zero-order valence-corrected chi connectivity index (χ0v) is 10.8. The van der Waals surface area contributed by atoms with Crippen molar-refractivity contribution >= 4 is 17.4 Å². The standard InChI is InChI=1S/C14H15ClN2/c1-9-3-10(2)5-11(4-9)6-12-7-13(15)8-17-14(12)16/h3-5,7-8H,6H2,1-2H3,(H2,16,17). The fourth-order valence-corrected chi connectivity index (χ4v) is 2.20. The van der Waals surface area contributed by atoms with Gasteiger partial charge in [0.25, 0.3) is 0 Å². The Morgan fingerprint density at radius 1 is 1.12 bits per heavy atom. The lowest BCUT2D eigenvalue weighted by atomic mass is 10.0. The highest BCUT2D eigenvalue weighted by Crippen LogP contribution is 2.20. The fourth-order valence-electron chi connectivity index (χ4n) is 2.02. The van der Waals surface area contributed by atoms with E-state index in [1.54, 1.807) is 6.20 Å². The number of pyridine rings is 1. The molecule has 1 heterocycles. The van der Waals surface area contributed by atoms with Gasteiger partial charge in [0, 0.05) is 18.2 Å². The van der Waals surface area contributed by atoms with Crippen molar-refractivity contribution in [2.24, 2.45) is 0 Å². The highest BCUT2D eigenvalue weighted by molar-refractivity contribution is 6.30. The normalized spacial score (nSPS) is 10.5. The number of hydrogen-bond acceptors (Lipinski definition) is 2. The Bertz CT molecular complexity index is 530.